The molecule has 0 unspecified atom stereocenters. The van der Waals surface area contributed by atoms with E-state index in [1.54, 1.807) is 0 Å². The van der Waals surface area contributed by atoms with E-state index in [0.29, 0.717) is 6.54 Å². The fourth-order valence-electron chi connectivity index (χ4n) is 1.12. The largest absolute Gasteiger partial charge is 0.352 e. The van der Waals surface area contributed by atoms with Gasteiger partial charge in [0.05, 0.1) is 0 Å². The quantitative estimate of drug-likeness (QED) is 0.539. The number of carbonyl (C=O) groups excluding carboxylic acids is 1. The normalized spacial score (nSPS) is 11.4. The maximum absolute atomic E-state index is 10.5. The first-order valence-electron chi connectivity index (χ1n) is 5.22. The summed E-state index contributed by atoms with van der Waals surface area (Å²) in [6.45, 7) is 8.91. The Morgan fingerprint density at radius 1 is 1.36 bits per heavy atom. The van der Waals surface area contributed by atoms with Crippen molar-refractivity contribution in [2.75, 3.05) is 19.6 Å². The fourth-order valence-corrected chi connectivity index (χ4v) is 1.12. The lowest BCUT2D eigenvalue weighted by Crippen LogP contribution is -2.42. The number of rotatable bonds is 7. The Morgan fingerprint density at radius 3 is 2.50 bits per heavy atom. The van der Waals surface area contributed by atoms with Gasteiger partial charge in [-0.15, -0.1) is 0 Å². The van der Waals surface area contributed by atoms with Crippen LogP contribution in [-0.2, 0) is 0 Å². The second kappa shape index (κ2) is 6.65. The van der Waals surface area contributed by atoms with Crippen molar-refractivity contribution in [1.82, 2.24) is 10.6 Å². The monoisotopic (exact) mass is 201 g/mol. The van der Waals surface area contributed by atoms with E-state index in [1.165, 1.54) is 12.8 Å². The van der Waals surface area contributed by atoms with Gasteiger partial charge >= 0.3 is 6.03 Å². The van der Waals surface area contributed by atoms with Gasteiger partial charge in [-0.25, -0.2) is 4.79 Å². The van der Waals surface area contributed by atoms with E-state index in [1.807, 2.05) is 0 Å². The van der Waals surface area contributed by atoms with Crippen molar-refractivity contribution in [1.29, 1.82) is 0 Å². The molecule has 0 aliphatic heterocycles. The van der Waals surface area contributed by atoms with Crippen molar-refractivity contribution in [3.05, 3.63) is 0 Å². The third-order valence-corrected chi connectivity index (χ3v) is 2.05. The van der Waals surface area contributed by atoms with Crippen LogP contribution in [0.4, 0.5) is 4.79 Å². The Hall–Kier alpha value is -0.770. The summed E-state index contributed by atoms with van der Waals surface area (Å²) in [5, 5.41) is 5.98. The molecular formula is C10H23N3O. The first-order chi connectivity index (χ1) is 6.48. The van der Waals surface area contributed by atoms with E-state index in [2.05, 4.69) is 31.4 Å². The summed E-state index contributed by atoms with van der Waals surface area (Å²) in [5.74, 6) is 0. The van der Waals surface area contributed by atoms with Crippen LogP contribution in [0.3, 0.4) is 0 Å². The van der Waals surface area contributed by atoms with E-state index in [0.717, 1.165) is 13.1 Å². The average Bonchev–Trinajstić information content (AvgIpc) is 2.10. The lowest BCUT2D eigenvalue weighted by atomic mass is 9.93. The van der Waals surface area contributed by atoms with Crippen LogP contribution >= 0.6 is 0 Å². The Morgan fingerprint density at radius 2 is 2.00 bits per heavy atom. The van der Waals surface area contributed by atoms with Crippen LogP contribution in [0.25, 0.3) is 0 Å². The first-order valence-corrected chi connectivity index (χ1v) is 5.22. The highest BCUT2D eigenvalue weighted by Gasteiger charge is 2.17. The third kappa shape index (κ3) is 7.86. The number of hydrogen-bond donors (Lipinski definition) is 3. The van der Waals surface area contributed by atoms with E-state index in [9.17, 15) is 4.79 Å². The van der Waals surface area contributed by atoms with Crippen molar-refractivity contribution < 1.29 is 4.79 Å². The molecule has 14 heavy (non-hydrogen) atoms. The molecule has 0 atom stereocenters. The van der Waals surface area contributed by atoms with E-state index >= 15 is 0 Å². The molecular weight excluding hydrogens is 178 g/mol. The van der Waals surface area contributed by atoms with E-state index in [-0.39, 0.29) is 5.41 Å². The number of carbonyl (C=O) groups is 1. The number of urea groups is 1. The summed E-state index contributed by atoms with van der Waals surface area (Å²) in [7, 11) is 0. The van der Waals surface area contributed by atoms with Crippen molar-refractivity contribution in [3.8, 4) is 0 Å². The van der Waals surface area contributed by atoms with E-state index in [4.69, 9.17) is 5.73 Å². The Balaban J connectivity index is 3.55. The second-order valence-electron chi connectivity index (χ2n) is 4.41. The van der Waals surface area contributed by atoms with Crippen LogP contribution in [0.5, 0.6) is 0 Å². The van der Waals surface area contributed by atoms with Crippen molar-refractivity contribution in [2.24, 2.45) is 11.1 Å². The molecule has 4 nitrogen and oxygen atoms in total. The van der Waals surface area contributed by atoms with Gasteiger partial charge in [0.2, 0.25) is 0 Å². The summed E-state index contributed by atoms with van der Waals surface area (Å²) >= 11 is 0. The number of primary amides is 1. The van der Waals surface area contributed by atoms with Gasteiger partial charge in [0.25, 0.3) is 0 Å². The summed E-state index contributed by atoms with van der Waals surface area (Å²) in [6.07, 6.45) is 2.40. The zero-order chi connectivity index (χ0) is 11.0. The number of amides is 2. The van der Waals surface area contributed by atoms with Gasteiger partial charge in [-0.05, 0) is 18.4 Å². The van der Waals surface area contributed by atoms with Crippen molar-refractivity contribution in [2.45, 2.75) is 33.6 Å². The van der Waals surface area contributed by atoms with Crippen LogP contribution in [-0.4, -0.2) is 25.7 Å². The third-order valence-electron chi connectivity index (χ3n) is 2.05. The van der Waals surface area contributed by atoms with Crippen LogP contribution < -0.4 is 16.4 Å². The van der Waals surface area contributed by atoms with Crippen molar-refractivity contribution >= 4 is 6.03 Å². The molecule has 0 aromatic carbocycles. The minimum absolute atomic E-state index is 0.0583. The number of nitrogens with one attached hydrogen (secondary N) is 2. The molecule has 0 spiro atoms. The summed E-state index contributed by atoms with van der Waals surface area (Å²) in [6, 6.07) is -0.452. The molecule has 84 valence electrons. The molecule has 4 heteroatoms. The van der Waals surface area contributed by atoms with Gasteiger partial charge in [-0.1, -0.05) is 27.2 Å². The topological polar surface area (TPSA) is 67.2 Å². The molecule has 0 radical (unpaired) electrons. The Bertz CT molecular complexity index is 169. The highest BCUT2D eigenvalue weighted by Crippen LogP contribution is 2.11. The molecule has 4 N–H and O–H groups in total. The Kier molecular flexibility index (Phi) is 6.28. The summed E-state index contributed by atoms with van der Waals surface area (Å²) in [4.78, 5) is 10.5. The van der Waals surface area contributed by atoms with Gasteiger partial charge in [-0.3, -0.25) is 0 Å². The lowest BCUT2D eigenvalue weighted by molar-refractivity contribution is 0.240. The zero-order valence-electron chi connectivity index (χ0n) is 9.52. The molecule has 0 fully saturated rings. The van der Waals surface area contributed by atoms with Crippen LogP contribution in [0.1, 0.15) is 33.6 Å². The summed E-state index contributed by atoms with van der Waals surface area (Å²) in [5.41, 5.74) is 5.06. The fraction of sp³-hybridized carbons (Fsp3) is 0.900. The predicted octanol–water partition coefficient (Wildman–Crippen LogP) is 1.07. The maximum atomic E-state index is 10.5. The summed E-state index contributed by atoms with van der Waals surface area (Å²) < 4.78 is 0. The number of unbranched alkanes of at least 4 members (excludes halogenated alkanes) is 1. The molecule has 0 rings (SSSR count). The van der Waals surface area contributed by atoms with E-state index < -0.39 is 6.03 Å². The number of hydrogen-bond acceptors (Lipinski definition) is 2. The Labute approximate surface area is 86.6 Å². The van der Waals surface area contributed by atoms with Crippen LogP contribution in [0.2, 0.25) is 0 Å². The zero-order valence-corrected chi connectivity index (χ0v) is 9.52. The van der Waals surface area contributed by atoms with Gasteiger partial charge < -0.3 is 16.4 Å². The number of nitrogens with two attached hydrogens (primary N) is 1. The molecule has 0 heterocycles. The smallest absolute Gasteiger partial charge is 0.312 e. The minimum atomic E-state index is -0.452. The lowest BCUT2D eigenvalue weighted by Gasteiger charge is -2.24. The van der Waals surface area contributed by atoms with Crippen LogP contribution in [0, 0.1) is 5.41 Å². The van der Waals surface area contributed by atoms with Gasteiger partial charge in [0.15, 0.2) is 0 Å². The molecule has 0 aliphatic rings. The van der Waals surface area contributed by atoms with Gasteiger partial charge in [0.1, 0.15) is 0 Å². The SMILES string of the molecule is CCCCNCC(C)(C)CNC(N)=O. The first kappa shape index (κ1) is 13.2. The predicted molar refractivity (Wildman–Crippen MR) is 59.1 cm³/mol. The highest BCUT2D eigenvalue weighted by atomic mass is 16.2. The molecule has 0 aromatic rings. The molecule has 0 aliphatic carbocycles. The second-order valence-corrected chi connectivity index (χ2v) is 4.41. The molecule has 0 aromatic heterocycles. The van der Waals surface area contributed by atoms with Crippen molar-refractivity contribution in [3.63, 3.8) is 0 Å². The molecule has 0 saturated carbocycles. The average molecular weight is 201 g/mol. The van der Waals surface area contributed by atoms with Crippen LogP contribution in [0.15, 0.2) is 0 Å². The highest BCUT2D eigenvalue weighted by molar-refractivity contribution is 5.71. The standard InChI is InChI=1S/C10H23N3O/c1-4-5-6-12-7-10(2,3)8-13-9(11)14/h12H,4-8H2,1-3H3,(H3,11,13,14). The minimum Gasteiger partial charge on any atom is -0.352 e. The molecule has 2 amide bonds. The van der Waals surface area contributed by atoms with Gasteiger partial charge in [-0.2, -0.15) is 0 Å². The molecule has 0 saturated heterocycles. The maximum Gasteiger partial charge on any atom is 0.312 e. The van der Waals surface area contributed by atoms with Gasteiger partial charge in [0, 0.05) is 13.1 Å². The molecule has 0 bridgehead atoms.